The first-order chi connectivity index (χ1) is 13.0. The molecule has 0 atom stereocenters. The lowest BCUT2D eigenvalue weighted by atomic mass is 9.95. The molecule has 2 aliphatic heterocycles. The summed E-state index contributed by atoms with van der Waals surface area (Å²) in [6, 6.07) is 6.88. The van der Waals surface area contributed by atoms with Crippen LogP contribution in [0.4, 0.5) is 0 Å². The standard InChI is InChI=1S/C20H23ClN4O2/c1-2-3-10-20(23-24-20)11-12-22-18(26)15-8-13-25(14-9-15)19(27)16-4-6-17(21)7-5-16/h1,4-7,15H,3,8-14H2,(H,22,26). The van der Waals surface area contributed by atoms with E-state index in [0.717, 1.165) is 6.42 Å². The Morgan fingerprint density at radius 3 is 2.48 bits per heavy atom. The summed E-state index contributed by atoms with van der Waals surface area (Å²) in [5, 5.41) is 11.7. The minimum Gasteiger partial charge on any atom is -0.356 e. The van der Waals surface area contributed by atoms with E-state index in [0.29, 0.717) is 55.9 Å². The number of piperidine rings is 1. The molecule has 142 valence electrons. The van der Waals surface area contributed by atoms with Gasteiger partial charge >= 0.3 is 0 Å². The lowest BCUT2D eigenvalue weighted by Gasteiger charge is -2.31. The molecule has 3 rings (SSSR count). The maximum Gasteiger partial charge on any atom is 0.253 e. The van der Waals surface area contributed by atoms with Crippen molar-refractivity contribution in [1.82, 2.24) is 10.2 Å². The van der Waals surface area contributed by atoms with Crippen LogP contribution < -0.4 is 5.32 Å². The minimum atomic E-state index is -0.367. The number of hydrogen-bond donors (Lipinski definition) is 1. The van der Waals surface area contributed by atoms with Crippen LogP contribution in [-0.4, -0.2) is 42.0 Å². The molecular formula is C20H23ClN4O2. The number of benzene rings is 1. The van der Waals surface area contributed by atoms with Crippen molar-refractivity contribution in [3.8, 4) is 12.3 Å². The number of halogens is 1. The molecule has 6 nitrogen and oxygen atoms in total. The summed E-state index contributed by atoms with van der Waals surface area (Å²) >= 11 is 5.86. The van der Waals surface area contributed by atoms with Gasteiger partial charge in [-0.15, -0.1) is 12.3 Å². The Morgan fingerprint density at radius 1 is 1.22 bits per heavy atom. The van der Waals surface area contributed by atoms with Gasteiger partial charge in [-0.3, -0.25) is 9.59 Å². The number of nitrogens with one attached hydrogen (secondary N) is 1. The van der Waals surface area contributed by atoms with Crippen molar-refractivity contribution in [3.05, 3.63) is 34.9 Å². The molecule has 2 aliphatic rings. The highest BCUT2D eigenvalue weighted by molar-refractivity contribution is 6.30. The first kappa shape index (κ1) is 19.4. The van der Waals surface area contributed by atoms with Gasteiger partial charge in [0.05, 0.1) is 0 Å². The Hall–Kier alpha value is -2.39. The number of terminal acetylenes is 1. The largest absolute Gasteiger partial charge is 0.356 e. The van der Waals surface area contributed by atoms with Crippen molar-refractivity contribution in [3.63, 3.8) is 0 Å². The first-order valence-electron chi connectivity index (χ1n) is 9.23. The number of carbonyl (C=O) groups is 2. The molecular weight excluding hydrogens is 364 g/mol. The SMILES string of the molecule is C#CCCC1(CCNC(=O)C2CCN(C(=O)c3ccc(Cl)cc3)CC2)N=N1. The van der Waals surface area contributed by atoms with Crippen LogP contribution in [-0.2, 0) is 4.79 Å². The summed E-state index contributed by atoms with van der Waals surface area (Å²) in [6.45, 7) is 1.70. The summed E-state index contributed by atoms with van der Waals surface area (Å²) in [5.74, 6) is 2.56. The molecule has 1 saturated heterocycles. The number of nitrogens with zero attached hydrogens (tertiary/aromatic N) is 3. The molecule has 27 heavy (non-hydrogen) atoms. The number of hydrogen-bond acceptors (Lipinski definition) is 4. The van der Waals surface area contributed by atoms with Gasteiger partial charge in [-0.05, 0) is 37.1 Å². The third-order valence-electron chi connectivity index (χ3n) is 5.12. The van der Waals surface area contributed by atoms with E-state index >= 15 is 0 Å². The van der Waals surface area contributed by atoms with E-state index in [4.69, 9.17) is 18.0 Å². The Kier molecular flexibility index (Phi) is 6.12. The van der Waals surface area contributed by atoms with Gasteiger partial charge in [0.1, 0.15) is 0 Å². The van der Waals surface area contributed by atoms with Gasteiger partial charge in [0.15, 0.2) is 5.66 Å². The second-order valence-corrected chi connectivity index (χ2v) is 7.44. The average Bonchev–Trinajstić information content (AvgIpc) is 3.46. The number of amides is 2. The summed E-state index contributed by atoms with van der Waals surface area (Å²) in [5.41, 5.74) is 0.255. The predicted molar refractivity (Wildman–Crippen MR) is 103 cm³/mol. The molecule has 0 aromatic heterocycles. The molecule has 2 amide bonds. The highest BCUT2D eigenvalue weighted by atomic mass is 35.5. The molecule has 1 fully saturated rings. The molecule has 1 aromatic rings. The lowest BCUT2D eigenvalue weighted by Crippen LogP contribution is -2.43. The van der Waals surface area contributed by atoms with Gasteiger partial charge in [-0.1, -0.05) is 11.6 Å². The Labute approximate surface area is 164 Å². The van der Waals surface area contributed by atoms with Crippen molar-refractivity contribution in [2.24, 2.45) is 16.1 Å². The van der Waals surface area contributed by atoms with E-state index in [1.165, 1.54) is 0 Å². The molecule has 0 radical (unpaired) electrons. The van der Waals surface area contributed by atoms with E-state index in [9.17, 15) is 9.59 Å². The molecule has 0 saturated carbocycles. The van der Waals surface area contributed by atoms with Crippen molar-refractivity contribution < 1.29 is 9.59 Å². The molecule has 0 aliphatic carbocycles. The van der Waals surface area contributed by atoms with Crippen LogP contribution in [0.2, 0.25) is 5.02 Å². The van der Waals surface area contributed by atoms with Gasteiger partial charge in [0.25, 0.3) is 5.91 Å². The third-order valence-corrected chi connectivity index (χ3v) is 5.37. The van der Waals surface area contributed by atoms with Crippen molar-refractivity contribution in [2.45, 2.75) is 37.8 Å². The molecule has 1 aromatic carbocycles. The topological polar surface area (TPSA) is 74.1 Å². The molecule has 0 bridgehead atoms. The molecule has 7 heteroatoms. The quantitative estimate of drug-likeness (QED) is 0.730. The normalized spacial score (nSPS) is 18.0. The zero-order chi connectivity index (χ0) is 19.3. The molecule has 0 spiro atoms. The summed E-state index contributed by atoms with van der Waals surface area (Å²) in [7, 11) is 0. The van der Waals surface area contributed by atoms with E-state index in [-0.39, 0.29) is 23.4 Å². The highest BCUT2D eigenvalue weighted by Crippen LogP contribution is 2.36. The summed E-state index contributed by atoms with van der Waals surface area (Å²) in [6.07, 6.45) is 8.68. The van der Waals surface area contributed by atoms with E-state index in [1.54, 1.807) is 29.2 Å². The number of likely N-dealkylation sites (tertiary alicyclic amines) is 1. The first-order valence-corrected chi connectivity index (χ1v) is 9.61. The second kappa shape index (κ2) is 8.53. The van der Waals surface area contributed by atoms with Crippen molar-refractivity contribution in [1.29, 1.82) is 0 Å². The molecule has 0 unspecified atom stereocenters. The van der Waals surface area contributed by atoms with Gasteiger partial charge in [0.2, 0.25) is 5.91 Å². The van der Waals surface area contributed by atoms with Crippen LogP contribution in [0.25, 0.3) is 0 Å². The van der Waals surface area contributed by atoms with Gasteiger partial charge in [0, 0.05) is 55.4 Å². The van der Waals surface area contributed by atoms with Crippen molar-refractivity contribution >= 4 is 23.4 Å². The zero-order valence-corrected chi connectivity index (χ0v) is 15.9. The van der Waals surface area contributed by atoms with Crippen LogP contribution in [0.5, 0.6) is 0 Å². The van der Waals surface area contributed by atoms with Gasteiger partial charge in [-0.25, -0.2) is 0 Å². The summed E-state index contributed by atoms with van der Waals surface area (Å²) in [4.78, 5) is 26.7. The number of carbonyl (C=O) groups excluding carboxylic acids is 2. The molecule has 2 heterocycles. The lowest BCUT2D eigenvalue weighted by molar-refractivity contribution is -0.126. The van der Waals surface area contributed by atoms with Gasteiger partial charge in [-0.2, -0.15) is 10.2 Å². The monoisotopic (exact) mass is 386 g/mol. The fraction of sp³-hybridized carbons (Fsp3) is 0.500. The zero-order valence-electron chi connectivity index (χ0n) is 15.2. The van der Waals surface area contributed by atoms with Crippen LogP contribution in [0.15, 0.2) is 34.5 Å². The van der Waals surface area contributed by atoms with E-state index < -0.39 is 0 Å². The van der Waals surface area contributed by atoms with Crippen LogP contribution in [0, 0.1) is 18.3 Å². The smallest absolute Gasteiger partial charge is 0.253 e. The maximum atomic E-state index is 12.5. The van der Waals surface area contributed by atoms with E-state index in [2.05, 4.69) is 21.5 Å². The Morgan fingerprint density at radius 2 is 1.89 bits per heavy atom. The van der Waals surface area contributed by atoms with Crippen LogP contribution in [0.3, 0.4) is 0 Å². The van der Waals surface area contributed by atoms with Crippen LogP contribution >= 0.6 is 11.6 Å². The van der Waals surface area contributed by atoms with E-state index in [1.807, 2.05) is 0 Å². The van der Waals surface area contributed by atoms with Gasteiger partial charge < -0.3 is 10.2 Å². The average molecular weight is 387 g/mol. The van der Waals surface area contributed by atoms with Crippen molar-refractivity contribution in [2.75, 3.05) is 19.6 Å². The fourth-order valence-electron chi connectivity index (χ4n) is 3.32. The summed E-state index contributed by atoms with van der Waals surface area (Å²) < 4.78 is 0. The molecule has 1 N–H and O–H groups in total. The fourth-order valence-corrected chi connectivity index (χ4v) is 3.44. The number of rotatable bonds is 7. The highest BCUT2D eigenvalue weighted by Gasteiger charge is 2.39. The third kappa shape index (κ3) is 5.08. The second-order valence-electron chi connectivity index (χ2n) is 7.00. The maximum absolute atomic E-state index is 12.5. The minimum absolute atomic E-state index is 0.0158. The Balaban J connectivity index is 1.39. The van der Waals surface area contributed by atoms with Crippen LogP contribution in [0.1, 0.15) is 42.5 Å². The Bertz CT molecular complexity index is 755. The predicted octanol–water partition coefficient (Wildman–Crippen LogP) is 3.27.